The number of anilines is 2. The van der Waals surface area contributed by atoms with Crippen LogP contribution in [0.5, 0.6) is 0 Å². The molecule has 1 amide bonds. The quantitative estimate of drug-likeness (QED) is 0.382. The molecule has 0 unspecified atom stereocenters. The van der Waals surface area contributed by atoms with Crippen molar-refractivity contribution in [1.29, 1.82) is 0 Å². The molecule has 0 fully saturated rings. The molecule has 0 saturated heterocycles. The molecule has 10 heteroatoms. The van der Waals surface area contributed by atoms with E-state index in [2.05, 4.69) is 20.6 Å². The zero-order valence-electron chi connectivity index (χ0n) is 18.0. The lowest BCUT2D eigenvalue weighted by molar-refractivity contribution is -0.137. The summed E-state index contributed by atoms with van der Waals surface area (Å²) in [4.78, 5) is 30.8. The van der Waals surface area contributed by atoms with Gasteiger partial charge >= 0.3 is 6.18 Å². The van der Waals surface area contributed by atoms with Crippen LogP contribution in [0.3, 0.4) is 0 Å². The molecule has 4 aromatic rings. The van der Waals surface area contributed by atoms with Gasteiger partial charge in [-0.05, 0) is 42.8 Å². The molecule has 0 spiro atoms. The van der Waals surface area contributed by atoms with Gasteiger partial charge in [0.2, 0.25) is 5.56 Å². The van der Waals surface area contributed by atoms with Crippen molar-refractivity contribution in [3.8, 4) is 5.69 Å². The Hall–Kier alpha value is -4.34. The van der Waals surface area contributed by atoms with E-state index in [9.17, 15) is 22.8 Å². The second-order valence-electron chi connectivity index (χ2n) is 7.59. The average molecular weight is 467 g/mol. The minimum Gasteiger partial charge on any atom is -0.380 e. The van der Waals surface area contributed by atoms with E-state index in [-0.39, 0.29) is 22.5 Å². The molecule has 174 valence electrons. The summed E-state index contributed by atoms with van der Waals surface area (Å²) in [6.07, 6.45) is -0.102. The summed E-state index contributed by atoms with van der Waals surface area (Å²) in [5.74, 6) is -0.572. The van der Waals surface area contributed by atoms with Gasteiger partial charge < -0.3 is 20.2 Å². The third-order valence-electron chi connectivity index (χ3n) is 5.11. The SMILES string of the molecule is Cc1cncn1-c1cc(NC(=O)c2ccccc2NCc2ccc(=O)[nH]c2)cc(C(F)(F)F)c1. The Morgan fingerprint density at radius 1 is 1.12 bits per heavy atom. The van der Waals surface area contributed by atoms with Crippen LogP contribution < -0.4 is 16.2 Å². The van der Waals surface area contributed by atoms with Gasteiger partial charge in [0.25, 0.3) is 5.91 Å². The van der Waals surface area contributed by atoms with Gasteiger partial charge in [-0.15, -0.1) is 0 Å². The highest BCUT2D eigenvalue weighted by Gasteiger charge is 2.31. The number of aromatic nitrogens is 3. The Morgan fingerprint density at radius 3 is 2.59 bits per heavy atom. The number of benzene rings is 2. The van der Waals surface area contributed by atoms with Crippen LogP contribution in [0.2, 0.25) is 0 Å². The van der Waals surface area contributed by atoms with Gasteiger partial charge in [-0.1, -0.05) is 18.2 Å². The summed E-state index contributed by atoms with van der Waals surface area (Å²) in [6.45, 7) is 2.05. The van der Waals surface area contributed by atoms with Crippen molar-refractivity contribution in [3.63, 3.8) is 0 Å². The molecule has 0 saturated carbocycles. The summed E-state index contributed by atoms with van der Waals surface area (Å²) in [7, 11) is 0. The molecule has 0 aliphatic rings. The Kier molecular flexibility index (Phi) is 6.22. The van der Waals surface area contributed by atoms with Crippen molar-refractivity contribution in [2.24, 2.45) is 0 Å². The first kappa shape index (κ1) is 22.8. The largest absolute Gasteiger partial charge is 0.416 e. The van der Waals surface area contributed by atoms with E-state index >= 15 is 0 Å². The van der Waals surface area contributed by atoms with Crippen molar-refractivity contribution in [1.82, 2.24) is 14.5 Å². The minimum atomic E-state index is -4.60. The van der Waals surface area contributed by atoms with E-state index in [0.29, 0.717) is 17.9 Å². The number of imidazole rings is 1. The highest BCUT2D eigenvalue weighted by atomic mass is 19.4. The number of nitrogens with one attached hydrogen (secondary N) is 3. The Labute approximate surface area is 192 Å². The molecule has 34 heavy (non-hydrogen) atoms. The third kappa shape index (κ3) is 5.17. The summed E-state index contributed by atoms with van der Waals surface area (Å²) in [5.41, 5.74) is 1.28. The van der Waals surface area contributed by atoms with Crippen molar-refractivity contribution < 1.29 is 18.0 Å². The van der Waals surface area contributed by atoms with Gasteiger partial charge in [0.15, 0.2) is 0 Å². The lowest BCUT2D eigenvalue weighted by Crippen LogP contribution is -2.16. The number of pyridine rings is 1. The molecule has 0 bridgehead atoms. The Morgan fingerprint density at radius 2 is 1.91 bits per heavy atom. The minimum absolute atomic E-state index is 0.00152. The number of hydrogen-bond donors (Lipinski definition) is 3. The van der Waals surface area contributed by atoms with Crippen molar-refractivity contribution in [2.75, 3.05) is 10.6 Å². The molecule has 0 atom stereocenters. The number of alkyl halides is 3. The number of amides is 1. The smallest absolute Gasteiger partial charge is 0.380 e. The van der Waals surface area contributed by atoms with Crippen molar-refractivity contribution in [2.45, 2.75) is 19.6 Å². The fraction of sp³-hybridized carbons (Fsp3) is 0.125. The molecule has 0 radical (unpaired) electrons. The zero-order chi connectivity index (χ0) is 24.3. The molecular weight excluding hydrogens is 447 g/mol. The Balaban J connectivity index is 1.61. The average Bonchev–Trinajstić information content (AvgIpc) is 3.24. The second-order valence-corrected chi connectivity index (χ2v) is 7.59. The van der Waals surface area contributed by atoms with Crippen LogP contribution in [0.15, 0.2) is 78.1 Å². The molecule has 7 nitrogen and oxygen atoms in total. The highest BCUT2D eigenvalue weighted by molar-refractivity contribution is 6.08. The first-order chi connectivity index (χ1) is 16.2. The summed E-state index contributed by atoms with van der Waals surface area (Å²) in [5, 5.41) is 5.70. The fourth-order valence-electron chi connectivity index (χ4n) is 3.40. The zero-order valence-corrected chi connectivity index (χ0v) is 18.0. The monoisotopic (exact) mass is 467 g/mol. The van der Waals surface area contributed by atoms with Crippen LogP contribution in [-0.2, 0) is 12.7 Å². The molecule has 2 aromatic heterocycles. The maximum atomic E-state index is 13.5. The number of hydrogen-bond acceptors (Lipinski definition) is 4. The highest BCUT2D eigenvalue weighted by Crippen LogP contribution is 2.33. The lowest BCUT2D eigenvalue weighted by Gasteiger charge is -2.16. The van der Waals surface area contributed by atoms with E-state index in [1.165, 1.54) is 29.2 Å². The van der Waals surface area contributed by atoms with Gasteiger partial charge in [0.05, 0.1) is 17.5 Å². The fourth-order valence-corrected chi connectivity index (χ4v) is 3.40. The number of rotatable bonds is 6. The molecule has 4 rings (SSSR count). The van der Waals surface area contributed by atoms with E-state index in [1.807, 2.05) is 0 Å². The molecule has 0 aliphatic heterocycles. The molecule has 2 heterocycles. The summed E-state index contributed by atoms with van der Waals surface area (Å²) < 4.78 is 42.1. The standard InChI is InChI=1S/C24H20F3N5O2/c1-15-11-28-14-32(15)19-9-17(24(25,26)27)8-18(10-19)31-23(34)20-4-2-3-5-21(20)29-12-16-6-7-22(33)30-13-16/h2-11,13-14,29H,12H2,1H3,(H,30,33)(H,31,34). The van der Waals surface area contributed by atoms with E-state index in [4.69, 9.17) is 0 Å². The van der Waals surface area contributed by atoms with Gasteiger partial charge in [0.1, 0.15) is 0 Å². The van der Waals surface area contributed by atoms with Crippen molar-refractivity contribution in [3.05, 3.63) is 106 Å². The van der Waals surface area contributed by atoms with Crippen LogP contribution in [0, 0.1) is 6.92 Å². The molecular formula is C24H20F3N5O2. The van der Waals surface area contributed by atoms with Gasteiger partial charge in [-0.2, -0.15) is 13.2 Å². The van der Waals surface area contributed by atoms with Crippen LogP contribution in [0.1, 0.15) is 27.2 Å². The van der Waals surface area contributed by atoms with E-state index in [0.717, 1.165) is 17.7 Å². The number of carbonyl (C=O) groups is 1. The number of nitrogens with zero attached hydrogens (tertiary/aromatic N) is 2. The number of carbonyl (C=O) groups excluding carboxylic acids is 1. The van der Waals surface area contributed by atoms with Crippen LogP contribution >= 0.6 is 0 Å². The maximum absolute atomic E-state index is 13.5. The van der Waals surface area contributed by atoms with E-state index in [1.54, 1.807) is 43.5 Å². The molecule has 2 aromatic carbocycles. The van der Waals surface area contributed by atoms with E-state index < -0.39 is 17.6 Å². The second kappa shape index (κ2) is 9.26. The van der Waals surface area contributed by atoms with Crippen molar-refractivity contribution >= 4 is 17.3 Å². The first-order valence-corrected chi connectivity index (χ1v) is 10.2. The van der Waals surface area contributed by atoms with Gasteiger partial charge in [-0.25, -0.2) is 4.98 Å². The number of halogens is 3. The lowest BCUT2D eigenvalue weighted by atomic mass is 10.1. The topological polar surface area (TPSA) is 91.8 Å². The maximum Gasteiger partial charge on any atom is 0.416 e. The van der Waals surface area contributed by atoms with Crippen LogP contribution in [-0.4, -0.2) is 20.4 Å². The number of aryl methyl sites for hydroxylation is 1. The Bertz CT molecular complexity index is 1370. The number of aromatic amines is 1. The predicted molar refractivity (Wildman–Crippen MR) is 122 cm³/mol. The summed E-state index contributed by atoms with van der Waals surface area (Å²) >= 11 is 0. The number of para-hydroxylation sites is 1. The normalized spacial score (nSPS) is 11.3. The molecule has 0 aliphatic carbocycles. The number of H-pyrrole nitrogens is 1. The van der Waals surface area contributed by atoms with Crippen LogP contribution in [0.25, 0.3) is 5.69 Å². The molecule has 3 N–H and O–H groups in total. The van der Waals surface area contributed by atoms with Gasteiger partial charge in [0, 0.05) is 47.8 Å². The third-order valence-corrected chi connectivity index (χ3v) is 5.11. The van der Waals surface area contributed by atoms with Crippen LogP contribution in [0.4, 0.5) is 24.5 Å². The predicted octanol–water partition coefficient (Wildman–Crippen LogP) is 4.75. The first-order valence-electron chi connectivity index (χ1n) is 10.2. The van der Waals surface area contributed by atoms with Gasteiger partial charge in [-0.3, -0.25) is 9.59 Å². The summed E-state index contributed by atoms with van der Waals surface area (Å²) in [6, 6.07) is 13.0.